The number of benzene rings is 2. The summed E-state index contributed by atoms with van der Waals surface area (Å²) in [7, 11) is 0. The van der Waals surface area contributed by atoms with Crippen LogP contribution >= 0.6 is 0 Å². The summed E-state index contributed by atoms with van der Waals surface area (Å²) in [5, 5.41) is 10.7. The van der Waals surface area contributed by atoms with Crippen LogP contribution in [0.15, 0.2) is 54.7 Å². The second kappa shape index (κ2) is 8.22. The van der Waals surface area contributed by atoms with E-state index in [1.54, 1.807) is 23.2 Å². The monoisotopic (exact) mass is 393 g/mol. The number of aromatic nitrogens is 3. The Hall–Kier alpha value is -3.55. The fourth-order valence-electron chi connectivity index (χ4n) is 3.24. The predicted molar refractivity (Wildman–Crippen MR) is 105 cm³/mol. The average molecular weight is 393 g/mol. The van der Waals surface area contributed by atoms with Crippen molar-refractivity contribution in [1.29, 1.82) is 0 Å². The smallest absolute Gasteiger partial charge is 0.273 e. The number of rotatable bonds is 6. The van der Waals surface area contributed by atoms with E-state index < -0.39 is 0 Å². The maximum Gasteiger partial charge on any atom is 0.273 e. The molecule has 2 amide bonds. The van der Waals surface area contributed by atoms with Crippen LogP contribution in [0.2, 0.25) is 0 Å². The molecular weight excluding hydrogens is 373 g/mol. The van der Waals surface area contributed by atoms with E-state index in [1.165, 1.54) is 16.8 Å². The molecule has 4 rings (SSSR count). The van der Waals surface area contributed by atoms with E-state index in [1.807, 2.05) is 24.3 Å². The SMILES string of the molecule is O=C(NCc1ccc(N2CCCC2=O)cc1)c1cn(Cc2ccc(F)cc2)nn1. The topological polar surface area (TPSA) is 80.1 Å². The van der Waals surface area contributed by atoms with Crippen molar-refractivity contribution in [2.75, 3.05) is 11.4 Å². The normalized spacial score (nSPS) is 13.7. The molecule has 0 saturated carbocycles. The first-order chi connectivity index (χ1) is 14.1. The van der Waals surface area contributed by atoms with E-state index in [0.717, 1.165) is 29.8 Å². The Labute approximate surface area is 167 Å². The second-order valence-electron chi connectivity index (χ2n) is 6.93. The van der Waals surface area contributed by atoms with Crippen molar-refractivity contribution in [2.24, 2.45) is 0 Å². The van der Waals surface area contributed by atoms with E-state index in [4.69, 9.17) is 0 Å². The molecule has 0 aliphatic carbocycles. The minimum Gasteiger partial charge on any atom is -0.347 e. The van der Waals surface area contributed by atoms with Crippen molar-refractivity contribution in [2.45, 2.75) is 25.9 Å². The highest BCUT2D eigenvalue weighted by Crippen LogP contribution is 2.21. The van der Waals surface area contributed by atoms with E-state index >= 15 is 0 Å². The van der Waals surface area contributed by atoms with Crippen LogP contribution in [0.4, 0.5) is 10.1 Å². The van der Waals surface area contributed by atoms with Gasteiger partial charge < -0.3 is 10.2 Å². The molecule has 0 spiro atoms. The zero-order valence-corrected chi connectivity index (χ0v) is 15.7. The highest BCUT2D eigenvalue weighted by Gasteiger charge is 2.21. The summed E-state index contributed by atoms with van der Waals surface area (Å²) in [6.07, 6.45) is 3.04. The molecule has 1 aliphatic rings. The predicted octanol–water partition coefficient (Wildman–Crippen LogP) is 2.52. The number of carbonyl (C=O) groups excluding carboxylic acids is 2. The Morgan fingerprint density at radius 3 is 2.48 bits per heavy atom. The van der Waals surface area contributed by atoms with E-state index in [2.05, 4.69) is 15.6 Å². The van der Waals surface area contributed by atoms with Crippen LogP contribution in [0.3, 0.4) is 0 Å². The first kappa shape index (κ1) is 18.8. The van der Waals surface area contributed by atoms with Crippen LogP contribution in [0.1, 0.15) is 34.5 Å². The molecule has 2 aromatic carbocycles. The zero-order valence-electron chi connectivity index (χ0n) is 15.7. The third-order valence-electron chi connectivity index (χ3n) is 4.80. The highest BCUT2D eigenvalue weighted by atomic mass is 19.1. The highest BCUT2D eigenvalue weighted by molar-refractivity contribution is 5.95. The van der Waals surface area contributed by atoms with Crippen LogP contribution in [-0.2, 0) is 17.9 Å². The molecule has 29 heavy (non-hydrogen) atoms. The fourth-order valence-corrected chi connectivity index (χ4v) is 3.24. The molecule has 8 heteroatoms. The molecule has 1 aliphatic heterocycles. The number of hydrogen-bond acceptors (Lipinski definition) is 4. The first-order valence-electron chi connectivity index (χ1n) is 9.40. The number of carbonyl (C=O) groups is 2. The summed E-state index contributed by atoms with van der Waals surface area (Å²) < 4.78 is 14.5. The molecule has 2 heterocycles. The van der Waals surface area contributed by atoms with Crippen molar-refractivity contribution in [1.82, 2.24) is 20.3 Å². The van der Waals surface area contributed by atoms with E-state index in [-0.39, 0.29) is 23.3 Å². The van der Waals surface area contributed by atoms with Crippen molar-refractivity contribution >= 4 is 17.5 Å². The summed E-state index contributed by atoms with van der Waals surface area (Å²) >= 11 is 0. The maximum atomic E-state index is 13.0. The summed E-state index contributed by atoms with van der Waals surface area (Å²) in [6.45, 7) is 1.50. The molecule has 7 nitrogen and oxygen atoms in total. The minimum absolute atomic E-state index is 0.148. The van der Waals surface area contributed by atoms with E-state index in [0.29, 0.717) is 19.5 Å². The second-order valence-corrected chi connectivity index (χ2v) is 6.93. The summed E-state index contributed by atoms with van der Waals surface area (Å²) in [5.41, 5.74) is 2.88. The van der Waals surface area contributed by atoms with Crippen molar-refractivity contribution < 1.29 is 14.0 Å². The van der Waals surface area contributed by atoms with Gasteiger partial charge in [-0.1, -0.05) is 29.5 Å². The molecule has 1 aromatic heterocycles. The van der Waals surface area contributed by atoms with Crippen LogP contribution in [0.5, 0.6) is 0 Å². The van der Waals surface area contributed by atoms with Crippen LogP contribution in [-0.4, -0.2) is 33.4 Å². The first-order valence-corrected chi connectivity index (χ1v) is 9.40. The number of halogens is 1. The van der Waals surface area contributed by atoms with E-state index in [9.17, 15) is 14.0 Å². The van der Waals surface area contributed by atoms with Gasteiger partial charge in [-0.2, -0.15) is 0 Å². The molecule has 1 fully saturated rings. The fraction of sp³-hybridized carbons (Fsp3) is 0.238. The third kappa shape index (κ3) is 4.48. The standard InChI is InChI=1S/C21H20FN5O2/c22-17-7-3-16(4-8-17)13-26-14-19(24-25-26)21(29)23-12-15-5-9-18(10-6-15)27-11-1-2-20(27)28/h3-10,14H,1-2,11-13H2,(H,23,29). The van der Waals surface area contributed by atoms with Crippen molar-refractivity contribution in [3.05, 3.63) is 77.4 Å². The van der Waals surface area contributed by atoms with Gasteiger partial charge in [-0.3, -0.25) is 9.59 Å². The lowest BCUT2D eigenvalue weighted by atomic mass is 10.2. The molecular formula is C21H20FN5O2. The molecule has 0 unspecified atom stereocenters. The zero-order chi connectivity index (χ0) is 20.2. The van der Waals surface area contributed by atoms with Gasteiger partial charge in [0.25, 0.3) is 5.91 Å². The molecule has 0 radical (unpaired) electrons. The lowest BCUT2D eigenvalue weighted by Gasteiger charge is -2.16. The Morgan fingerprint density at radius 2 is 1.79 bits per heavy atom. The molecule has 3 aromatic rings. The van der Waals surface area contributed by atoms with Crippen molar-refractivity contribution in [3.63, 3.8) is 0 Å². The van der Waals surface area contributed by atoms with Crippen LogP contribution in [0.25, 0.3) is 0 Å². The lowest BCUT2D eigenvalue weighted by Crippen LogP contribution is -2.24. The van der Waals surface area contributed by atoms with Crippen LogP contribution in [0, 0.1) is 5.82 Å². The van der Waals surface area contributed by atoms with Gasteiger partial charge in [-0.25, -0.2) is 9.07 Å². The summed E-state index contributed by atoms with van der Waals surface area (Å²) in [5.74, 6) is -0.476. The number of amides is 2. The molecule has 0 atom stereocenters. The molecule has 1 N–H and O–H groups in total. The van der Waals surface area contributed by atoms with Gasteiger partial charge in [0.05, 0.1) is 12.7 Å². The molecule has 148 valence electrons. The molecule has 0 bridgehead atoms. The van der Waals surface area contributed by atoms with Gasteiger partial charge in [0.15, 0.2) is 5.69 Å². The quantitative estimate of drug-likeness (QED) is 0.698. The van der Waals surface area contributed by atoms with Gasteiger partial charge in [0.1, 0.15) is 5.82 Å². The summed E-state index contributed by atoms with van der Waals surface area (Å²) in [4.78, 5) is 25.9. The Kier molecular flexibility index (Phi) is 5.33. The van der Waals surface area contributed by atoms with Gasteiger partial charge >= 0.3 is 0 Å². The van der Waals surface area contributed by atoms with Gasteiger partial charge in [0, 0.05) is 25.2 Å². The summed E-state index contributed by atoms with van der Waals surface area (Å²) in [6, 6.07) is 13.7. The Morgan fingerprint density at radius 1 is 1.07 bits per heavy atom. The number of hydrogen-bond donors (Lipinski definition) is 1. The Bertz CT molecular complexity index is 1010. The Balaban J connectivity index is 1.32. The van der Waals surface area contributed by atoms with Gasteiger partial charge in [-0.15, -0.1) is 5.10 Å². The largest absolute Gasteiger partial charge is 0.347 e. The number of nitrogens with one attached hydrogen (secondary N) is 1. The van der Waals surface area contributed by atoms with Crippen molar-refractivity contribution in [3.8, 4) is 0 Å². The number of nitrogens with zero attached hydrogens (tertiary/aromatic N) is 4. The maximum absolute atomic E-state index is 13.0. The minimum atomic E-state index is -0.325. The number of anilines is 1. The third-order valence-corrected chi connectivity index (χ3v) is 4.80. The van der Waals surface area contributed by atoms with Crippen LogP contribution < -0.4 is 10.2 Å². The van der Waals surface area contributed by atoms with Gasteiger partial charge in [0.2, 0.25) is 5.91 Å². The van der Waals surface area contributed by atoms with Gasteiger partial charge in [-0.05, 0) is 41.8 Å². The average Bonchev–Trinajstić information content (AvgIpc) is 3.37. The molecule has 1 saturated heterocycles. The lowest BCUT2D eigenvalue weighted by molar-refractivity contribution is -0.117.